The van der Waals surface area contributed by atoms with Crippen molar-refractivity contribution >= 4 is 11.6 Å². The summed E-state index contributed by atoms with van der Waals surface area (Å²) in [6, 6.07) is 4.99. The number of hydrogen-bond donors (Lipinski definition) is 1. The van der Waals surface area contributed by atoms with Crippen LogP contribution >= 0.6 is 11.6 Å². The molecule has 0 fully saturated rings. The molecule has 1 N–H and O–H groups in total. The van der Waals surface area contributed by atoms with Crippen molar-refractivity contribution in [2.45, 2.75) is 6.42 Å². The summed E-state index contributed by atoms with van der Waals surface area (Å²) in [6.07, 6.45) is 2.12. The van der Waals surface area contributed by atoms with E-state index in [1.165, 1.54) is 10.7 Å². The van der Waals surface area contributed by atoms with E-state index in [1.54, 1.807) is 18.3 Å². The molecule has 0 aromatic carbocycles. The normalized spacial score (nSPS) is 10.5. The minimum Gasteiger partial charge on any atom is -0.492 e. The largest absolute Gasteiger partial charge is 0.492 e. The summed E-state index contributed by atoms with van der Waals surface area (Å²) >= 11 is 5.97. The molecule has 0 amide bonds. The fourth-order valence-electron chi connectivity index (χ4n) is 1.30. The number of halogens is 1. The molecule has 77 valence electrons. The Bertz CT molecular complexity index is 481. The van der Waals surface area contributed by atoms with E-state index in [-0.39, 0.29) is 5.88 Å². The zero-order valence-corrected chi connectivity index (χ0v) is 8.65. The molecule has 4 nitrogen and oxygen atoms in total. The maximum atomic E-state index is 9.29. The molecule has 0 saturated heterocycles. The second-order valence-corrected chi connectivity index (χ2v) is 3.37. The van der Waals surface area contributed by atoms with Crippen LogP contribution in [0.2, 0.25) is 5.02 Å². The van der Waals surface area contributed by atoms with E-state index in [0.29, 0.717) is 17.3 Å². The molecule has 0 aliphatic heterocycles. The third kappa shape index (κ3) is 1.80. The summed E-state index contributed by atoms with van der Waals surface area (Å²) in [6.45, 7) is 3.74. The molecular formula is C10H9ClN3O. The Labute approximate surface area is 92.1 Å². The fourth-order valence-corrected chi connectivity index (χ4v) is 1.50. The standard InChI is InChI=1S/C10H9ClN3O/c1-2-7-6-9(15)13-14(7)10-8(11)4-3-5-12-10/h3-6H,1-2H2,(H,13,15). The molecule has 0 aliphatic carbocycles. The lowest BCUT2D eigenvalue weighted by molar-refractivity contribution is 0.447. The maximum Gasteiger partial charge on any atom is 0.231 e. The van der Waals surface area contributed by atoms with Crippen LogP contribution in [0.15, 0.2) is 24.4 Å². The van der Waals surface area contributed by atoms with Gasteiger partial charge in [0.25, 0.3) is 0 Å². The smallest absolute Gasteiger partial charge is 0.231 e. The van der Waals surface area contributed by atoms with Crippen molar-refractivity contribution in [2.24, 2.45) is 0 Å². The molecule has 2 aromatic heterocycles. The fraction of sp³-hybridized carbons (Fsp3) is 0.100. The Morgan fingerprint density at radius 2 is 2.33 bits per heavy atom. The Hall–Kier alpha value is -1.55. The van der Waals surface area contributed by atoms with Crippen LogP contribution in [0.25, 0.3) is 5.82 Å². The van der Waals surface area contributed by atoms with E-state index >= 15 is 0 Å². The third-order valence-corrected chi connectivity index (χ3v) is 2.26. The summed E-state index contributed by atoms with van der Waals surface area (Å²) in [7, 11) is 0. The molecule has 0 atom stereocenters. The minimum absolute atomic E-state index is 0.0598. The average molecular weight is 223 g/mol. The Morgan fingerprint density at radius 1 is 1.53 bits per heavy atom. The van der Waals surface area contributed by atoms with Gasteiger partial charge < -0.3 is 5.11 Å². The molecule has 15 heavy (non-hydrogen) atoms. The minimum atomic E-state index is -0.0598. The van der Waals surface area contributed by atoms with Gasteiger partial charge in [0.15, 0.2) is 5.82 Å². The predicted octanol–water partition coefficient (Wildman–Crippen LogP) is 2.00. The van der Waals surface area contributed by atoms with Crippen LogP contribution in [-0.4, -0.2) is 19.9 Å². The molecule has 0 saturated carbocycles. The van der Waals surface area contributed by atoms with Crippen molar-refractivity contribution in [1.82, 2.24) is 14.8 Å². The van der Waals surface area contributed by atoms with Crippen molar-refractivity contribution in [1.29, 1.82) is 0 Å². The van der Waals surface area contributed by atoms with E-state index in [2.05, 4.69) is 17.0 Å². The topological polar surface area (TPSA) is 50.9 Å². The van der Waals surface area contributed by atoms with Crippen LogP contribution in [0.4, 0.5) is 0 Å². The first-order valence-electron chi connectivity index (χ1n) is 4.40. The van der Waals surface area contributed by atoms with Gasteiger partial charge in [0.2, 0.25) is 5.88 Å². The molecule has 1 radical (unpaired) electrons. The first-order chi connectivity index (χ1) is 7.22. The SMILES string of the molecule is [CH2]Cc1cc(O)nn1-c1ncccc1Cl. The van der Waals surface area contributed by atoms with Gasteiger partial charge in [-0.15, -0.1) is 5.10 Å². The summed E-state index contributed by atoms with van der Waals surface area (Å²) in [5.74, 6) is 0.438. The second-order valence-electron chi connectivity index (χ2n) is 2.96. The van der Waals surface area contributed by atoms with Crippen molar-refractivity contribution < 1.29 is 5.11 Å². The van der Waals surface area contributed by atoms with Crippen LogP contribution in [-0.2, 0) is 6.42 Å². The van der Waals surface area contributed by atoms with E-state index < -0.39 is 0 Å². The third-order valence-electron chi connectivity index (χ3n) is 1.97. The lowest BCUT2D eigenvalue weighted by Gasteiger charge is -2.05. The highest BCUT2D eigenvalue weighted by atomic mass is 35.5. The van der Waals surface area contributed by atoms with E-state index in [9.17, 15) is 5.11 Å². The van der Waals surface area contributed by atoms with Crippen LogP contribution in [0.1, 0.15) is 5.69 Å². The van der Waals surface area contributed by atoms with Gasteiger partial charge in [-0.2, -0.15) is 0 Å². The Kier molecular flexibility index (Phi) is 2.60. The van der Waals surface area contributed by atoms with Gasteiger partial charge in [0, 0.05) is 12.3 Å². The highest BCUT2D eigenvalue weighted by Gasteiger charge is 2.10. The van der Waals surface area contributed by atoms with E-state index in [4.69, 9.17) is 11.6 Å². The van der Waals surface area contributed by atoms with E-state index in [0.717, 1.165) is 5.69 Å². The van der Waals surface area contributed by atoms with Crippen LogP contribution < -0.4 is 0 Å². The molecule has 2 heterocycles. The van der Waals surface area contributed by atoms with Gasteiger partial charge in [-0.3, -0.25) is 0 Å². The lowest BCUT2D eigenvalue weighted by Crippen LogP contribution is -2.03. The Balaban J connectivity index is 2.58. The molecule has 2 rings (SSSR count). The summed E-state index contributed by atoms with van der Waals surface area (Å²) in [4.78, 5) is 4.10. The van der Waals surface area contributed by atoms with Crippen molar-refractivity contribution in [3.05, 3.63) is 42.0 Å². The lowest BCUT2D eigenvalue weighted by atomic mass is 10.3. The number of hydrogen-bond acceptors (Lipinski definition) is 3. The highest BCUT2D eigenvalue weighted by molar-refractivity contribution is 6.32. The van der Waals surface area contributed by atoms with Gasteiger partial charge in [0.05, 0.1) is 10.7 Å². The van der Waals surface area contributed by atoms with E-state index in [1.807, 2.05) is 0 Å². The van der Waals surface area contributed by atoms with Crippen molar-refractivity contribution in [3.63, 3.8) is 0 Å². The molecule has 0 unspecified atom stereocenters. The summed E-state index contributed by atoms with van der Waals surface area (Å²) in [5.41, 5.74) is 0.758. The number of aromatic nitrogens is 3. The highest BCUT2D eigenvalue weighted by Crippen LogP contribution is 2.21. The maximum absolute atomic E-state index is 9.29. The van der Waals surface area contributed by atoms with Gasteiger partial charge in [-0.05, 0) is 25.5 Å². The van der Waals surface area contributed by atoms with Crippen molar-refractivity contribution in [2.75, 3.05) is 0 Å². The average Bonchev–Trinajstić information content (AvgIpc) is 2.60. The molecular weight excluding hydrogens is 214 g/mol. The quantitative estimate of drug-likeness (QED) is 0.846. The first kappa shape index (κ1) is 9.98. The van der Waals surface area contributed by atoms with Gasteiger partial charge in [0.1, 0.15) is 0 Å². The molecule has 0 aliphatic rings. The number of nitrogens with zero attached hydrogens (tertiary/aromatic N) is 3. The van der Waals surface area contributed by atoms with Crippen LogP contribution in [0, 0.1) is 6.92 Å². The summed E-state index contributed by atoms with van der Waals surface area (Å²) < 4.78 is 1.49. The zero-order valence-electron chi connectivity index (χ0n) is 7.89. The predicted molar refractivity (Wildman–Crippen MR) is 57.1 cm³/mol. The number of pyridine rings is 1. The molecule has 5 heteroatoms. The van der Waals surface area contributed by atoms with Crippen molar-refractivity contribution in [3.8, 4) is 11.7 Å². The van der Waals surface area contributed by atoms with Gasteiger partial charge >= 0.3 is 0 Å². The first-order valence-corrected chi connectivity index (χ1v) is 4.78. The number of aromatic hydroxyl groups is 1. The van der Waals surface area contributed by atoms with Gasteiger partial charge in [-0.1, -0.05) is 11.6 Å². The second kappa shape index (κ2) is 3.90. The molecule has 0 bridgehead atoms. The summed E-state index contributed by atoms with van der Waals surface area (Å²) in [5, 5.41) is 13.7. The number of rotatable bonds is 2. The molecule has 2 aromatic rings. The van der Waals surface area contributed by atoms with Crippen LogP contribution in [0.3, 0.4) is 0 Å². The van der Waals surface area contributed by atoms with Crippen LogP contribution in [0.5, 0.6) is 5.88 Å². The molecule has 0 spiro atoms. The van der Waals surface area contributed by atoms with Gasteiger partial charge in [-0.25, -0.2) is 9.67 Å². The zero-order chi connectivity index (χ0) is 10.8. The monoisotopic (exact) mass is 222 g/mol. The Morgan fingerprint density at radius 3 is 3.00 bits per heavy atom.